The molecule has 0 bridgehead atoms. The minimum atomic E-state index is -4.42. The van der Waals surface area contributed by atoms with E-state index in [2.05, 4.69) is 4.98 Å². The molecule has 2 heterocycles. The summed E-state index contributed by atoms with van der Waals surface area (Å²) in [6.45, 7) is 1.17. The minimum Gasteiger partial charge on any atom is -0.497 e. The van der Waals surface area contributed by atoms with Gasteiger partial charge in [0.1, 0.15) is 11.6 Å². The van der Waals surface area contributed by atoms with E-state index in [1.54, 1.807) is 42.3 Å². The summed E-state index contributed by atoms with van der Waals surface area (Å²) in [4.78, 5) is 31.8. The van der Waals surface area contributed by atoms with Crippen LogP contribution in [0, 0.1) is 0 Å². The van der Waals surface area contributed by atoms with Gasteiger partial charge >= 0.3 is 6.18 Å². The molecular formula is C28H28F3N3O3. The van der Waals surface area contributed by atoms with Crippen molar-refractivity contribution in [2.45, 2.75) is 50.2 Å². The van der Waals surface area contributed by atoms with Crippen LogP contribution in [0.15, 0.2) is 54.9 Å². The molecule has 0 spiro atoms. The van der Waals surface area contributed by atoms with Crippen molar-refractivity contribution in [2.24, 2.45) is 0 Å². The van der Waals surface area contributed by atoms with Crippen LogP contribution >= 0.6 is 0 Å². The van der Waals surface area contributed by atoms with Crippen molar-refractivity contribution in [3.63, 3.8) is 0 Å². The first kappa shape index (κ1) is 25.0. The maximum atomic E-state index is 13.5. The highest BCUT2D eigenvalue weighted by atomic mass is 19.4. The smallest absolute Gasteiger partial charge is 0.416 e. The van der Waals surface area contributed by atoms with Crippen molar-refractivity contribution >= 4 is 11.7 Å². The number of carbonyl (C=O) groups excluding carboxylic acids is 2. The first-order chi connectivity index (χ1) is 17.7. The molecular weight excluding hydrogens is 483 g/mol. The zero-order valence-electron chi connectivity index (χ0n) is 20.5. The Labute approximate surface area is 213 Å². The molecule has 0 radical (unpaired) electrons. The second kappa shape index (κ2) is 10.0. The number of alkyl halides is 3. The van der Waals surface area contributed by atoms with Gasteiger partial charge in [-0.3, -0.25) is 9.59 Å². The quantitative estimate of drug-likeness (QED) is 0.443. The van der Waals surface area contributed by atoms with Crippen molar-refractivity contribution in [3.05, 3.63) is 82.9 Å². The van der Waals surface area contributed by atoms with Crippen molar-refractivity contribution in [3.8, 4) is 5.75 Å². The van der Waals surface area contributed by atoms with Crippen LogP contribution in [0.4, 0.5) is 13.2 Å². The van der Waals surface area contributed by atoms with Crippen LogP contribution in [0.25, 0.3) is 0 Å². The van der Waals surface area contributed by atoms with E-state index in [1.807, 2.05) is 11.0 Å². The van der Waals surface area contributed by atoms with Gasteiger partial charge in [0.05, 0.1) is 12.7 Å². The van der Waals surface area contributed by atoms with E-state index in [0.29, 0.717) is 43.7 Å². The maximum absolute atomic E-state index is 13.5. The number of piperidine rings is 1. The summed E-state index contributed by atoms with van der Waals surface area (Å²) < 4.78 is 47.4. The first-order valence-corrected chi connectivity index (χ1v) is 12.4. The van der Waals surface area contributed by atoms with E-state index in [-0.39, 0.29) is 42.1 Å². The highest BCUT2D eigenvalue weighted by Crippen LogP contribution is 2.39. The van der Waals surface area contributed by atoms with Crippen LogP contribution in [0.1, 0.15) is 70.4 Å². The van der Waals surface area contributed by atoms with Crippen LogP contribution in [0.3, 0.4) is 0 Å². The van der Waals surface area contributed by atoms with Crippen molar-refractivity contribution in [1.82, 2.24) is 14.5 Å². The number of likely N-dealkylation sites (tertiary alicyclic amines) is 1. The normalized spacial score (nSPS) is 18.2. The number of aromatic nitrogens is 2. The number of carbonyl (C=O) groups is 2. The average molecular weight is 512 g/mol. The lowest BCUT2D eigenvalue weighted by Gasteiger charge is -2.32. The van der Waals surface area contributed by atoms with E-state index in [9.17, 15) is 22.8 Å². The fourth-order valence-corrected chi connectivity index (χ4v) is 5.54. The van der Waals surface area contributed by atoms with Gasteiger partial charge in [-0.1, -0.05) is 18.2 Å². The monoisotopic (exact) mass is 511 g/mol. The van der Waals surface area contributed by atoms with Crippen LogP contribution < -0.4 is 4.74 Å². The van der Waals surface area contributed by atoms with E-state index >= 15 is 0 Å². The lowest BCUT2D eigenvalue weighted by atomic mass is 9.93. The number of nitrogens with zero attached hydrogens (tertiary/aromatic N) is 3. The van der Waals surface area contributed by atoms with Gasteiger partial charge in [0.15, 0.2) is 5.78 Å². The van der Waals surface area contributed by atoms with Gasteiger partial charge in [0, 0.05) is 62.3 Å². The molecule has 2 aliphatic rings. The third-order valence-electron chi connectivity index (χ3n) is 7.48. The van der Waals surface area contributed by atoms with E-state index in [1.165, 1.54) is 12.1 Å². The van der Waals surface area contributed by atoms with E-state index in [4.69, 9.17) is 4.74 Å². The number of hydrogen-bond donors (Lipinski definition) is 0. The molecule has 37 heavy (non-hydrogen) atoms. The summed E-state index contributed by atoms with van der Waals surface area (Å²) in [5, 5.41) is 0. The van der Waals surface area contributed by atoms with Crippen LogP contribution in [-0.4, -0.2) is 46.3 Å². The second-order valence-electron chi connectivity index (χ2n) is 9.70. The Hall–Kier alpha value is -3.62. The van der Waals surface area contributed by atoms with Gasteiger partial charge in [0.2, 0.25) is 5.91 Å². The Morgan fingerprint density at radius 3 is 2.62 bits per heavy atom. The molecule has 1 aliphatic heterocycles. The standard InChI is InChI=1S/C28H28F3N3O3/c1-37-21-6-7-22-23(16-21)20(14-25(22)35)15-26(36)33-11-8-18(9-12-33)27-32-10-13-34(27)17-19-4-2-3-5-24(19)28(29,30)31/h2-7,10,13,16,18,20H,8-9,11-12,14-15,17H2,1H3. The zero-order chi connectivity index (χ0) is 26.2. The van der Waals surface area contributed by atoms with E-state index in [0.717, 1.165) is 17.5 Å². The fraction of sp³-hybridized carbons (Fsp3) is 0.393. The predicted octanol–water partition coefficient (Wildman–Crippen LogP) is 5.43. The average Bonchev–Trinajstić information content (AvgIpc) is 3.47. The Balaban J connectivity index is 1.22. The third kappa shape index (κ3) is 5.12. The highest BCUT2D eigenvalue weighted by Gasteiger charge is 2.35. The third-order valence-corrected chi connectivity index (χ3v) is 7.48. The number of amides is 1. The molecule has 1 fully saturated rings. The molecule has 9 heteroatoms. The molecule has 2 aromatic carbocycles. The number of hydrogen-bond acceptors (Lipinski definition) is 4. The SMILES string of the molecule is COc1ccc2c(c1)C(CC(=O)N1CCC(c3nccn3Cc3ccccc3C(F)(F)F)CC1)CC2=O. The molecule has 5 rings (SSSR count). The van der Waals surface area contributed by atoms with Gasteiger partial charge < -0.3 is 14.2 Å². The van der Waals surface area contributed by atoms with Crippen molar-refractivity contribution < 1.29 is 27.5 Å². The number of Topliss-reactive ketones (excluding diaryl/α,β-unsaturated/α-hetero) is 1. The summed E-state index contributed by atoms with van der Waals surface area (Å²) >= 11 is 0. The maximum Gasteiger partial charge on any atom is 0.416 e. The molecule has 6 nitrogen and oxygen atoms in total. The van der Waals surface area contributed by atoms with Crippen LogP contribution in [0.2, 0.25) is 0 Å². The van der Waals surface area contributed by atoms with Crippen LogP contribution in [-0.2, 0) is 17.5 Å². The number of imidazole rings is 1. The number of halogens is 3. The molecule has 1 amide bonds. The topological polar surface area (TPSA) is 64.4 Å². The first-order valence-electron chi connectivity index (χ1n) is 12.4. The number of benzene rings is 2. The lowest BCUT2D eigenvalue weighted by Crippen LogP contribution is -2.38. The minimum absolute atomic E-state index is 0.00867. The Morgan fingerprint density at radius 2 is 1.89 bits per heavy atom. The molecule has 194 valence electrons. The summed E-state index contributed by atoms with van der Waals surface area (Å²) in [5.74, 6) is 1.36. The number of rotatable bonds is 6. The fourth-order valence-electron chi connectivity index (χ4n) is 5.54. The highest BCUT2D eigenvalue weighted by molar-refractivity contribution is 6.02. The van der Waals surface area contributed by atoms with Gasteiger partial charge in [-0.25, -0.2) is 4.98 Å². The molecule has 0 saturated carbocycles. The zero-order valence-corrected chi connectivity index (χ0v) is 20.5. The number of ketones is 1. The van der Waals surface area contributed by atoms with Gasteiger partial charge in [0.25, 0.3) is 0 Å². The summed E-state index contributed by atoms with van der Waals surface area (Å²) in [6, 6.07) is 11.0. The molecule has 1 saturated heterocycles. The van der Waals surface area contributed by atoms with Crippen molar-refractivity contribution in [1.29, 1.82) is 0 Å². The summed E-state index contributed by atoms with van der Waals surface area (Å²) in [6.07, 6.45) is 0.851. The van der Waals surface area contributed by atoms with Gasteiger partial charge in [-0.15, -0.1) is 0 Å². The van der Waals surface area contributed by atoms with Gasteiger partial charge in [-0.2, -0.15) is 13.2 Å². The number of ether oxygens (including phenoxy) is 1. The Bertz CT molecular complexity index is 1310. The molecule has 1 aliphatic carbocycles. The molecule has 1 aromatic heterocycles. The lowest BCUT2D eigenvalue weighted by molar-refractivity contribution is -0.138. The Kier molecular flexibility index (Phi) is 6.79. The molecule has 1 unspecified atom stereocenters. The van der Waals surface area contributed by atoms with Crippen molar-refractivity contribution in [2.75, 3.05) is 20.2 Å². The summed E-state index contributed by atoms with van der Waals surface area (Å²) in [5.41, 5.74) is 1.09. The summed E-state index contributed by atoms with van der Waals surface area (Å²) in [7, 11) is 1.57. The predicted molar refractivity (Wildman–Crippen MR) is 131 cm³/mol. The van der Waals surface area contributed by atoms with Crippen LogP contribution in [0.5, 0.6) is 5.75 Å². The molecule has 3 aromatic rings. The molecule has 0 N–H and O–H groups in total. The second-order valence-corrected chi connectivity index (χ2v) is 9.70. The van der Waals surface area contributed by atoms with Gasteiger partial charge in [-0.05, 0) is 48.2 Å². The Morgan fingerprint density at radius 1 is 1.14 bits per heavy atom. The molecule has 1 atom stereocenters. The van der Waals surface area contributed by atoms with E-state index < -0.39 is 11.7 Å². The number of methoxy groups -OCH3 is 1. The largest absolute Gasteiger partial charge is 0.497 e. The number of fused-ring (bicyclic) bond motifs is 1.